The zero-order valence-electron chi connectivity index (χ0n) is 19.6. The van der Waals surface area contributed by atoms with Crippen LogP contribution in [0.5, 0.6) is 0 Å². The molecule has 0 radical (unpaired) electrons. The maximum absolute atomic E-state index is 11.8. The molecule has 0 atom stereocenters. The number of carbonyl (C=O) groups excluding carboxylic acids is 2. The lowest BCUT2D eigenvalue weighted by Crippen LogP contribution is -2.27. The van der Waals surface area contributed by atoms with Gasteiger partial charge in [0.15, 0.2) is 0 Å². The molecule has 0 aliphatic heterocycles. The molecule has 0 aromatic carbocycles. The lowest BCUT2D eigenvalue weighted by atomic mass is 10.0. The van der Waals surface area contributed by atoms with E-state index < -0.39 is 5.97 Å². The number of amides is 1. The second kappa shape index (κ2) is 23.2. The van der Waals surface area contributed by atoms with Gasteiger partial charge in [0.25, 0.3) is 0 Å². The summed E-state index contributed by atoms with van der Waals surface area (Å²) in [6.45, 7) is 3.92. The van der Waals surface area contributed by atoms with Gasteiger partial charge in [0.05, 0.1) is 26.4 Å². The van der Waals surface area contributed by atoms with Crippen LogP contribution in [-0.4, -0.2) is 55.7 Å². The Labute approximate surface area is 188 Å². The second-order valence-corrected chi connectivity index (χ2v) is 8.16. The number of carbonyl (C=O) groups is 3. The number of ether oxygens (including phenoxy) is 2. The highest BCUT2D eigenvalue weighted by Gasteiger charge is 2.01. The Morgan fingerprint density at radius 2 is 1.06 bits per heavy atom. The highest BCUT2D eigenvalue weighted by Crippen LogP contribution is 2.13. The minimum absolute atomic E-state index is 0.0877. The molecule has 0 aromatic rings. The summed E-state index contributed by atoms with van der Waals surface area (Å²) in [7, 11) is 0. The van der Waals surface area contributed by atoms with E-state index in [2.05, 4.69) is 5.32 Å². The molecule has 0 fully saturated rings. The number of hydrogen-bond donors (Lipinski definition) is 2. The van der Waals surface area contributed by atoms with Gasteiger partial charge in [0.1, 0.15) is 5.78 Å². The molecule has 0 heterocycles. The predicted octanol–water partition coefficient (Wildman–Crippen LogP) is 4.66. The Morgan fingerprint density at radius 3 is 1.55 bits per heavy atom. The van der Waals surface area contributed by atoms with Crippen LogP contribution in [-0.2, 0) is 23.9 Å². The van der Waals surface area contributed by atoms with Crippen molar-refractivity contribution in [3.63, 3.8) is 0 Å². The van der Waals surface area contributed by atoms with Gasteiger partial charge in [-0.1, -0.05) is 64.2 Å². The van der Waals surface area contributed by atoms with E-state index in [1.165, 1.54) is 44.9 Å². The summed E-state index contributed by atoms with van der Waals surface area (Å²) < 4.78 is 10.6. The van der Waals surface area contributed by atoms with E-state index >= 15 is 0 Å². The zero-order valence-corrected chi connectivity index (χ0v) is 19.6. The molecule has 7 heteroatoms. The summed E-state index contributed by atoms with van der Waals surface area (Å²) in [4.78, 5) is 32.9. The lowest BCUT2D eigenvalue weighted by Gasteiger charge is -2.07. The topological polar surface area (TPSA) is 102 Å². The Morgan fingerprint density at radius 1 is 0.613 bits per heavy atom. The first-order valence-electron chi connectivity index (χ1n) is 12.2. The normalized spacial score (nSPS) is 10.9. The van der Waals surface area contributed by atoms with Crippen molar-refractivity contribution in [3.05, 3.63) is 0 Å². The SMILES string of the molecule is CC(=O)CCOCCOCCNC(=O)CCCCCCCCCCCCCCC(=O)O. The summed E-state index contributed by atoms with van der Waals surface area (Å²) in [5, 5.41) is 11.4. The van der Waals surface area contributed by atoms with Crippen LogP contribution in [0.25, 0.3) is 0 Å². The monoisotopic (exact) mass is 443 g/mol. The van der Waals surface area contributed by atoms with E-state index in [1.54, 1.807) is 6.92 Å². The van der Waals surface area contributed by atoms with E-state index in [0.29, 0.717) is 52.2 Å². The van der Waals surface area contributed by atoms with Crippen LogP contribution in [0.2, 0.25) is 0 Å². The number of hydrogen-bond acceptors (Lipinski definition) is 5. The number of rotatable bonds is 24. The molecule has 2 N–H and O–H groups in total. The van der Waals surface area contributed by atoms with E-state index in [1.807, 2.05) is 0 Å². The van der Waals surface area contributed by atoms with Crippen LogP contribution in [0.4, 0.5) is 0 Å². The van der Waals surface area contributed by atoms with Crippen LogP contribution in [0.1, 0.15) is 103 Å². The van der Waals surface area contributed by atoms with Crippen molar-refractivity contribution >= 4 is 17.7 Å². The molecule has 1 amide bonds. The molecule has 0 spiro atoms. The van der Waals surface area contributed by atoms with Crippen molar-refractivity contribution < 1.29 is 29.0 Å². The molecule has 0 aliphatic rings. The zero-order chi connectivity index (χ0) is 23.0. The number of carboxylic acids is 1. The molecule has 31 heavy (non-hydrogen) atoms. The van der Waals surface area contributed by atoms with Gasteiger partial charge in [0.2, 0.25) is 5.91 Å². The van der Waals surface area contributed by atoms with Crippen molar-refractivity contribution in [1.29, 1.82) is 0 Å². The molecule has 0 saturated carbocycles. The molecule has 0 aliphatic carbocycles. The molecular formula is C24H45NO6. The van der Waals surface area contributed by atoms with Crippen molar-refractivity contribution in [1.82, 2.24) is 5.32 Å². The van der Waals surface area contributed by atoms with Crippen LogP contribution >= 0.6 is 0 Å². The predicted molar refractivity (Wildman–Crippen MR) is 122 cm³/mol. The van der Waals surface area contributed by atoms with Gasteiger partial charge < -0.3 is 19.9 Å². The van der Waals surface area contributed by atoms with Crippen molar-refractivity contribution in [2.45, 2.75) is 103 Å². The van der Waals surface area contributed by atoms with Crippen LogP contribution in [0, 0.1) is 0 Å². The molecule has 0 saturated heterocycles. The Hall–Kier alpha value is -1.47. The van der Waals surface area contributed by atoms with Crippen LogP contribution < -0.4 is 5.32 Å². The Bertz CT molecular complexity index is 455. The van der Waals surface area contributed by atoms with Crippen LogP contribution in [0.15, 0.2) is 0 Å². The third kappa shape index (κ3) is 26.5. The van der Waals surface area contributed by atoms with Gasteiger partial charge in [-0.15, -0.1) is 0 Å². The van der Waals surface area contributed by atoms with Gasteiger partial charge in [-0.25, -0.2) is 0 Å². The van der Waals surface area contributed by atoms with Crippen molar-refractivity contribution in [2.75, 3.05) is 33.0 Å². The second-order valence-electron chi connectivity index (χ2n) is 8.16. The molecule has 0 rings (SSSR count). The number of ketones is 1. The fourth-order valence-electron chi connectivity index (χ4n) is 3.22. The van der Waals surface area contributed by atoms with E-state index in [0.717, 1.165) is 32.1 Å². The van der Waals surface area contributed by atoms with Gasteiger partial charge in [-0.2, -0.15) is 0 Å². The molecule has 182 valence electrons. The average molecular weight is 444 g/mol. The first-order chi connectivity index (χ1) is 15.0. The quantitative estimate of drug-likeness (QED) is 0.210. The van der Waals surface area contributed by atoms with Crippen molar-refractivity contribution in [2.24, 2.45) is 0 Å². The maximum atomic E-state index is 11.8. The summed E-state index contributed by atoms with van der Waals surface area (Å²) in [5.74, 6) is -0.477. The number of Topliss-reactive ketones (excluding diaryl/α,β-unsaturated/α-hetero) is 1. The highest BCUT2D eigenvalue weighted by molar-refractivity contribution is 5.75. The van der Waals surface area contributed by atoms with Gasteiger partial charge in [0, 0.05) is 25.8 Å². The van der Waals surface area contributed by atoms with Gasteiger partial charge in [-0.3, -0.25) is 14.4 Å². The largest absolute Gasteiger partial charge is 0.481 e. The number of aliphatic carboxylic acids is 1. The first-order valence-corrected chi connectivity index (χ1v) is 12.2. The summed E-state index contributed by atoms with van der Waals surface area (Å²) in [6, 6.07) is 0. The molecule has 0 aromatic heterocycles. The minimum atomic E-state index is -0.688. The number of unbranched alkanes of at least 4 members (excludes halogenated alkanes) is 11. The molecule has 7 nitrogen and oxygen atoms in total. The first kappa shape index (κ1) is 29.5. The summed E-state index contributed by atoms with van der Waals surface area (Å²) >= 11 is 0. The molecule has 0 bridgehead atoms. The number of carboxylic acid groups (broad SMARTS) is 1. The van der Waals surface area contributed by atoms with E-state index in [4.69, 9.17) is 14.6 Å². The standard InChI is InChI=1S/C24H45NO6/c1-22(26)16-18-30-20-21-31-19-17-25-23(27)14-12-10-8-6-4-2-3-5-7-9-11-13-15-24(28)29/h2-21H2,1H3,(H,25,27)(H,28,29). The summed E-state index contributed by atoms with van der Waals surface area (Å²) in [6.07, 6.45) is 15.1. The van der Waals surface area contributed by atoms with Crippen molar-refractivity contribution in [3.8, 4) is 0 Å². The Kier molecular flexibility index (Phi) is 22.1. The molecule has 0 unspecified atom stereocenters. The smallest absolute Gasteiger partial charge is 0.303 e. The highest BCUT2D eigenvalue weighted by atomic mass is 16.5. The van der Waals surface area contributed by atoms with E-state index in [-0.39, 0.29) is 11.7 Å². The fraction of sp³-hybridized carbons (Fsp3) is 0.875. The van der Waals surface area contributed by atoms with Crippen LogP contribution in [0.3, 0.4) is 0 Å². The lowest BCUT2D eigenvalue weighted by molar-refractivity contribution is -0.137. The molecular weight excluding hydrogens is 398 g/mol. The van der Waals surface area contributed by atoms with Gasteiger partial charge in [-0.05, 0) is 19.8 Å². The number of nitrogens with one attached hydrogen (secondary N) is 1. The third-order valence-electron chi connectivity index (χ3n) is 5.08. The average Bonchev–Trinajstić information content (AvgIpc) is 2.72. The Balaban J connectivity index is 3.17. The fourth-order valence-corrected chi connectivity index (χ4v) is 3.22. The maximum Gasteiger partial charge on any atom is 0.303 e. The van der Waals surface area contributed by atoms with Gasteiger partial charge >= 0.3 is 5.97 Å². The minimum Gasteiger partial charge on any atom is -0.481 e. The third-order valence-corrected chi connectivity index (χ3v) is 5.08. The summed E-state index contributed by atoms with van der Waals surface area (Å²) in [5.41, 5.74) is 0. The van der Waals surface area contributed by atoms with E-state index in [9.17, 15) is 14.4 Å².